The van der Waals surface area contributed by atoms with Crippen LogP contribution in [0.2, 0.25) is 0 Å². The topological polar surface area (TPSA) is 156 Å². The molecule has 6 N–H and O–H groups in total. The largest absolute Gasteiger partial charge is 0.387 e. The molecule has 0 aromatic rings. The molecule has 1 fully saturated rings. The van der Waals surface area contributed by atoms with Crippen LogP contribution in [0.15, 0.2) is 0 Å². The molecule has 15 heavy (non-hydrogen) atoms. The van der Waals surface area contributed by atoms with Crippen LogP contribution in [0.3, 0.4) is 0 Å². The zero-order valence-corrected chi connectivity index (χ0v) is 8.23. The summed E-state index contributed by atoms with van der Waals surface area (Å²) in [6, 6.07) is 0. The van der Waals surface area contributed by atoms with E-state index in [1.54, 1.807) is 0 Å². The van der Waals surface area contributed by atoms with E-state index >= 15 is 0 Å². The third-order valence-electron chi connectivity index (χ3n) is 2.51. The highest BCUT2D eigenvalue weighted by Gasteiger charge is 2.61. The van der Waals surface area contributed by atoms with Crippen molar-refractivity contribution < 1.29 is 39.8 Å². The first kappa shape index (κ1) is 12.7. The second-order valence-electron chi connectivity index (χ2n) is 3.40. The molecular formula is C6H11O8P. The Labute approximate surface area is 84.2 Å². The molecule has 0 saturated heterocycles. The zero-order valence-electron chi connectivity index (χ0n) is 7.33. The predicted octanol–water partition coefficient (Wildman–Crippen LogP) is -3.33. The SMILES string of the molecule is O=P(=O)C1(O)[C@H](O)[C@@H](O)C(O)[C@H](O)[C@@H]1O. The van der Waals surface area contributed by atoms with Crippen molar-refractivity contribution in [1.82, 2.24) is 0 Å². The third kappa shape index (κ3) is 1.64. The maximum absolute atomic E-state index is 10.7. The van der Waals surface area contributed by atoms with E-state index in [0.717, 1.165) is 0 Å². The highest BCUT2D eigenvalue weighted by molar-refractivity contribution is 7.32. The number of rotatable bonds is 1. The van der Waals surface area contributed by atoms with Gasteiger partial charge in [-0.1, -0.05) is 0 Å². The fourth-order valence-corrected chi connectivity index (χ4v) is 2.21. The molecule has 0 aliphatic heterocycles. The van der Waals surface area contributed by atoms with E-state index in [2.05, 4.69) is 0 Å². The van der Waals surface area contributed by atoms with Crippen molar-refractivity contribution in [3.8, 4) is 0 Å². The van der Waals surface area contributed by atoms with Crippen molar-refractivity contribution in [2.45, 2.75) is 35.9 Å². The summed E-state index contributed by atoms with van der Waals surface area (Å²) < 4.78 is 21.3. The summed E-state index contributed by atoms with van der Waals surface area (Å²) in [5.74, 6) is 0. The third-order valence-corrected chi connectivity index (χ3v) is 3.62. The van der Waals surface area contributed by atoms with Crippen LogP contribution in [-0.4, -0.2) is 66.5 Å². The number of hydrogen-bond acceptors (Lipinski definition) is 8. The van der Waals surface area contributed by atoms with Gasteiger partial charge in [-0.05, 0) is 0 Å². The van der Waals surface area contributed by atoms with Crippen molar-refractivity contribution in [2.75, 3.05) is 0 Å². The van der Waals surface area contributed by atoms with E-state index in [0.29, 0.717) is 0 Å². The van der Waals surface area contributed by atoms with Crippen molar-refractivity contribution in [2.24, 2.45) is 0 Å². The predicted molar refractivity (Wildman–Crippen MR) is 43.3 cm³/mol. The van der Waals surface area contributed by atoms with Crippen LogP contribution in [0.4, 0.5) is 0 Å². The Morgan fingerprint density at radius 2 is 1.13 bits per heavy atom. The van der Waals surface area contributed by atoms with Crippen LogP contribution < -0.4 is 0 Å². The van der Waals surface area contributed by atoms with Gasteiger partial charge in [-0.25, -0.2) is 9.13 Å². The van der Waals surface area contributed by atoms with Gasteiger partial charge in [0.25, 0.3) is 0 Å². The average molecular weight is 242 g/mol. The summed E-state index contributed by atoms with van der Waals surface area (Å²) in [6.07, 6.45) is -10.7. The van der Waals surface area contributed by atoms with Gasteiger partial charge in [0.15, 0.2) is 0 Å². The standard InChI is InChI=1S/C6H11O8P/c7-1-2(8)4(10)6(12,15(13)14)5(11)3(1)9/h1-5,7-12H/t1?,2-,3-,4-,5+,6?/m0/s1. The lowest BCUT2D eigenvalue weighted by atomic mass is 9.84. The fraction of sp³-hybridized carbons (Fsp3) is 1.00. The van der Waals surface area contributed by atoms with Gasteiger partial charge >= 0.3 is 7.68 Å². The maximum atomic E-state index is 10.7. The Hall–Kier alpha value is -0.340. The van der Waals surface area contributed by atoms with Crippen molar-refractivity contribution in [1.29, 1.82) is 0 Å². The van der Waals surface area contributed by atoms with Gasteiger partial charge in [0, 0.05) is 0 Å². The van der Waals surface area contributed by atoms with Crippen LogP contribution in [-0.2, 0) is 9.13 Å². The van der Waals surface area contributed by atoms with E-state index in [9.17, 15) is 24.4 Å². The Kier molecular flexibility index (Phi) is 3.32. The monoisotopic (exact) mass is 242 g/mol. The van der Waals surface area contributed by atoms with Crippen LogP contribution in [0.5, 0.6) is 0 Å². The minimum absolute atomic E-state index is 1.94. The Bertz CT molecular complexity index is 290. The second-order valence-corrected chi connectivity index (χ2v) is 4.63. The lowest BCUT2D eigenvalue weighted by Crippen LogP contribution is -2.68. The Balaban J connectivity index is 3.18. The van der Waals surface area contributed by atoms with E-state index in [1.807, 2.05) is 0 Å². The molecule has 1 rings (SSSR count). The van der Waals surface area contributed by atoms with Crippen molar-refractivity contribution >= 4 is 7.68 Å². The molecule has 0 spiro atoms. The van der Waals surface area contributed by atoms with Crippen molar-refractivity contribution in [3.63, 3.8) is 0 Å². The summed E-state index contributed by atoms with van der Waals surface area (Å²) in [7, 11) is -3.73. The zero-order chi connectivity index (χ0) is 12.0. The Morgan fingerprint density at radius 1 is 0.800 bits per heavy atom. The first-order valence-corrected chi connectivity index (χ1v) is 5.19. The molecule has 1 aliphatic rings. The highest BCUT2D eigenvalue weighted by atomic mass is 31.1. The van der Waals surface area contributed by atoms with Gasteiger partial charge in [-0.3, -0.25) is 0 Å². The van der Waals surface area contributed by atoms with Gasteiger partial charge in [0.2, 0.25) is 5.34 Å². The second kappa shape index (κ2) is 3.91. The summed E-state index contributed by atoms with van der Waals surface area (Å²) in [5.41, 5.74) is 0. The Morgan fingerprint density at radius 3 is 1.40 bits per heavy atom. The van der Waals surface area contributed by atoms with Gasteiger partial charge in [-0.2, -0.15) is 0 Å². The van der Waals surface area contributed by atoms with E-state index in [1.165, 1.54) is 0 Å². The molecule has 2 unspecified atom stereocenters. The van der Waals surface area contributed by atoms with Crippen LogP contribution in [0.25, 0.3) is 0 Å². The molecule has 0 aromatic carbocycles. The lowest BCUT2D eigenvalue weighted by Gasteiger charge is -2.43. The molecule has 1 aliphatic carbocycles. The molecule has 9 heteroatoms. The summed E-state index contributed by atoms with van der Waals surface area (Å²) in [5, 5.41) is 52.1. The first-order valence-electron chi connectivity index (χ1n) is 4.01. The quantitative estimate of drug-likeness (QED) is 0.261. The molecule has 0 radical (unpaired) electrons. The molecule has 6 atom stereocenters. The summed E-state index contributed by atoms with van der Waals surface area (Å²) in [6.45, 7) is 0. The van der Waals surface area contributed by atoms with Crippen molar-refractivity contribution in [3.05, 3.63) is 0 Å². The molecular weight excluding hydrogens is 231 g/mol. The minimum Gasteiger partial charge on any atom is -0.387 e. The minimum atomic E-state index is -3.73. The molecule has 0 bridgehead atoms. The number of aliphatic hydroxyl groups excluding tert-OH is 5. The fourth-order valence-electron chi connectivity index (χ4n) is 1.47. The number of aliphatic hydroxyl groups is 6. The van der Waals surface area contributed by atoms with Gasteiger partial charge < -0.3 is 30.6 Å². The van der Waals surface area contributed by atoms with E-state index in [4.69, 9.17) is 15.3 Å². The van der Waals surface area contributed by atoms with E-state index in [-0.39, 0.29) is 0 Å². The van der Waals surface area contributed by atoms with Crippen LogP contribution >= 0.6 is 7.68 Å². The number of hydrogen-bond donors (Lipinski definition) is 6. The van der Waals surface area contributed by atoms with E-state index < -0.39 is 43.5 Å². The van der Waals surface area contributed by atoms with Gasteiger partial charge in [0.05, 0.1) is 0 Å². The smallest absolute Gasteiger partial charge is 0.353 e. The van der Waals surface area contributed by atoms with Crippen LogP contribution in [0, 0.1) is 0 Å². The molecule has 88 valence electrons. The normalized spacial score (nSPS) is 51.5. The lowest BCUT2D eigenvalue weighted by molar-refractivity contribution is -0.238. The highest BCUT2D eigenvalue weighted by Crippen LogP contribution is 2.40. The van der Waals surface area contributed by atoms with Gasteiger partial charge in [0.1, 0.15) is 30.5 Å². The molecule has 8 nitrogen and oxygen atoms in total. The average Bonchev–Trinajstić information content (AvgIpc) is 2.20. The molecule has 0 aromatic heterocycles. The molecule has 1 saturated carbocycles. The molecule has 0 heterocycles. The van der Waals surface area contributed by atoms with Crippen LogP contribution in [0.1, 0.15) is 0 Å². The van der Waals surface area contributed by atoms with Gasteiger partial charge in [-0.15, -0.1) is 0 Å². The maximum Gasteiger partial charge on any atom is 0.353 e. The first-order chi connectivity index (χ1) is 6.74. The molecule has 0 amide bonds. The summed E-state index contributed by atoms with van der Waals surface area (Å²) >= 11 is 0. The summed E-state index contributed by atoms with van der Waals surface area (Å²) in [4.78, 5) is 0.